The lowest BCUT2D eigenvalue weighted by Crippen LogP contribution is -2.46. The number of hydrogen-bond donors (Lipinski definition) is 2. The van der Waals surface area contributed by atoms with Crippen LogP contribution >= 0.6 is 0 Å². The van der Waals surface area contributed by atoms with Crippen molar-refractivity contribution in [2.24, 2.45) is 0 Å². The summed E-state index contributed by atoms with van der Waals surface area (Å²) in [5, 5.41) is 15.0. The Morgan fingerprint density at radius 3 is 2.58 bits per heavy atom. The van der Waals surface area contributed by atoms with Gasteiger partial charge in [-0.15, -0.1) is 0 Å². The molecule has 7 nitrogen and oxygen atoms in total. The van der Waals surface area contributed by atoms with Gasteiger partial charge in [-0.1, -0.05) is 42.5 Å². The highest BCUT2D eigenvalue weighted by Gasteiger charge is 2.35. The Hall–Kier alpha value is -3.87. The van der Waals surface area contributed by atoms with E-state index in [1.54, 1.807) is 35.2 Å². The van der Waals surface area contributed by atoms with Gasteiger partial charge in [0.1, 0.15) is 11.8 Å². The van der Waals surface area contributed by atoms with Crippen LogP contribution in [0.1, 0.15) is 39.1 Å². The molecule has 0 spiro atoms. The van der Waals surface area contributed by atoms with Crippen molar-refractivity contribution in [3.05, 3.63) is 77.4 Å². The van der Waals surface area contributed by atoms with E-state index >= 15 is 0 Å². The van der Waals surface area contributed by atoms with E-state index in [4.69, 9.17) is 4.74 Å². The predicted molar refractivity (Wildman–Crippen MR) is 124 cm³/mol. The molecule has 0 radical (unpaired) electrons. The number of likely N-dealkylation sites (tertiary alicyclic amines) is 1. The highest BCUT2D eigenvalue weighted by Crippen LogP contribution is 2.31. The Morgan fingerprint density at radius 1 is 1.06 bits per heavy atom. The number of rotatable bonds is 6. The molecule has 4 rings (SSSR count). The lowest BCUT2D eigenvalue weighted by Gasteiger charge is -2.24. The van der Waals surface area contributed by atoms with Gasteiger partial charge in [-0.2, -0.15) is 0 Å². The third-order valence-electron chi connectivity index (χ3n) is 6.04. The fourth-order valence-electron chi connectivity index (χ4n) is 4.24. The SMILES string of the molecule is COC(=O)c1ccc(CCNC(=O)C2CCCN2C(=O)c2ccc3ccccc3c2O)cc1. The Kier molecular flexibility index (Phi) is 6.58. The third kappa shape index (κ3) is 4.67. The molecular formula is C26H26N2O5. The maximum atomic E-state index is 13.2. The standard InChI is InChI=1S/C26H26N2O5/c1-33-26(32)19-10-8-17(9-11-19)14-15-27-24(30)22-7-4-16-28(22)25(31)21-13-12-18-5-2-3-6-20(18)23(21)29/h2-3,5-6,8-13,22,29H,4,7,14-16H2,1H3,(H,27,30). The van der Waals surface area contributed by atoms with E-state index < -0.39 is 12.0 Å². The normalized spacial score (nSPS) is 15.4. The molecule has 0 aromatic heterocycles. The van der Waals surface area contributed by atoms with Crippen LogP contribution in [-0.4, -0.2) is 54.0 Å². The molecule has 2 N–H and O–H groups in total. The van der Waals surface area contributed by atoms with Gasteiger partial charge in [-0.05, 0) is 48.4 Å². The van der Waals surface area contributed by atoms with Crippen LogP contribution in [0.2, 0.25) is 0 Å². The summed E-state index contributed by atoms with van der Waals surface area (Å²) in [5.41, 5.74) is 1.66. The van der Waals surface area contributed by atoms with Crippen LogP contribution < -0.4 is 5.32 Å². The Labute approximate surface area is 192 Å². The van der Waals surface area contributed by atoms with Gasteiger partial charge in [0.2, 0.25) is 5.91 Å². The van der Waals surface area contributed by atoms with E-state index in [9.17, 15) is 19.5 Å². The lowest BCUT2D eigenvalue weighted by molar-refractivity contribution is -0.124. The van der Waals surface area contributed by atoms with Gasteiger partial charge in [-0.25, -0.2) is 4.79 Å². The van der Waals surface area contributed by atoms with Crippen LogP contribution in [0.4, 0.5) is 0 Å². The number of benzene rings is 3. The van der Waals surface area contributed by atoms with E-state index in [0.717, 1.165) is 17.4 Å². The average Bonchev–Trinajstić information content (AvgIpc) is 3.34. The topological polar surface area (TPSA) is 95.9 Å². The number of aromatic hydroxyl groups is 1. The van der Waals surface area contributed by atoms with Gasteiger partial charge >= 0.3 is 5.97 Å². The number of ether oxygens (including phenoxy) is 1. The molecule has 1 atom stereocenters. The van der Waals surface area contributed by atoms with Gasteiger partial charge in [-0.3, -0.25) is 9.59 Å². The van der Waals surface area contributed by atoms with Gasteiger partial charge in [0.15, 0.2) is 0 Å². The molecular weight excluding hydrogens is 420 g/mol. The predicted octanol–water partition coefficient (Wildman–Crippen LogP) is 3.30. The van der Waals surface area contributed by atoms with E-state index in [1.165, 1.54) is 7.11 Å². The maximum Gasteiger partial charge on any atom is 0.337 e. The average molecular weight is 447 g/mol. The number of nitrogens with one attached hydrogen (secondary N) is 1. The number of methoxy groups -OCH3 is 1. The molecule has 1 heterocycles. The summed E-state index contributed by atoms with van der Waals surface area (Å²) in [7, 11) is 1.34. The lowest BCUT2D eigenvalue weighted by atomic mass is 10.0. The second-order valence-electron chi connectivity index (χ2n) is 8.07. The summed E-state index contributed by atoms with van der Waals surface area (Å²) in [6.45, 7) is 0.883. The van der Waals surface area contributed by atoms with Crippen molar-refractivity contribution in [3.8, 4) is 5.75 Å². The minimum absolute atomic E-state index is 0.0560. The largest absolute Gasteiger partial charge is 0.506 e. The Morgan fingerprint density at radius 2 is 1.82 bits per heavy atom. The molecule has 0 saturated carbocycles. The number of esters is 1. The fourth-order valence-corrected chi connectivity index (χ4v) is 4.24. The van der Waals surface area contributed by atoms with Crippen molar-refractivity contribution in [1.29, 1.82) is 0 Å². The third-order valence-corrected chi connectivity index (χ3v) is 6.04. The van der Waals surface area contributed by atoms with Gasteiger partial charge in [0, 0.05) is 18.5 Å². The molecule has 1 saturated heterocycles. The zero-order valence-electron chi connectivity index (χ0n) is 18.4. The van der Waals surface area contributed by atoms with E-state index in [-0.39, 0.29) is 23.1 Å². The van der Waals surface area contributed by atoms with Crippen LogP contribution in [0.3, 0.4) is 0 Å². The minimum Gasteiger partial charge on any atom is -0.506 e. The molecule has 7 heteroatoms. The summed E-state index contributed by atoms with van der Waals surface area (Å²) < 4.78 is 4.69. The molecule has 33 heavy (non-hydrogen) atoms. The molecule has 3 aromatic carbocycles. The van der Waals surface area contributed by atoms with Crippen molar-refractivity contribution in [2.45, 2.75) is 25.3 Å². The number of nitrogens with zero attached hydrogens (tertiary/aromatic N) is 1. The molecule has 1 unspecified atom stereocenters. The number of fused-ring (bicyclic) bond motifs is 1. The van der Waals surface area contributed by atoms with Crippen molar-refractivity contribution in [3.63, 3.8) is 0 Å². The van der Waals surface area contributed by atoms with Crippen LogP contribution in [0.25, 0.3) is 10.8 Å². The first-order valence-corrected chi connectivity index (χ1v) is 11.0. The molecule has 0 bridgehead atoms. The Balaban J connectivity index is 1.39. The number of amides is 2. The molecule has 1 fully saturated rings. The van der Waals surface area contributed by atoms with Crippen molar-refractivity contribution in [2.75, 3.05) is 20.2 Å². The zero-order valence-corrected chi connectivity index (χ0v) is 18.4. The van der Waals surface area contributed by atoms with Crippen molar-refractivity contribution < 1.29 is 24.2 Å². The van der Waals surface area contributed by atoms with E-state index in [2.05, 4.69) is 5.32 Å². The molecule has 0 aliphatic carbocycles. The van der Waals surface area contributed by atoms with Crippen molar-refractivity contribution >= 4 is 28.6 Å². The summed E-state index contributed by atoms with van der Waals surface area (Å²) in [6, 6.07) is 17.2. The number of phenolic OH excluding ortho intramolecular Hbond substituents is 1. The molecule has 1 aliphatic heterocycles. The fraction of sp³-hybridized carbons (Fsp3) is 0.269. The number of phenols is 1. The zero-order chi connectivity index (χ0) is 23.4. The number of carbonyl (C=O) groups excluding carboxylic acids is 3. The van der Waals surface area contributed by atoms with Gasteiger partial charge < -0.3 is 20.1 Å². The number of carbonyl (C=O) groups is 3. The summed E-state index contributed by atoms with van der Waals surface area (Å²) in [4.78, 5) is 39.1. The summed E-state index contributed by atoms with van der Waals surface area (Å²) >= 11 is 0. The quantitative estimate of drug-likeness (QED) is 0.567. The first kappa shape index (κ1) is 22.3. The van der Waals surface area contributed by atoms with Crippen LogP contribution in [0.15, 0.2) is 60.7 Å². The van der Waals surface area contributed by atoms with Gasteiger partial charge in [0.05, 0.1) is 18.2 Å². The summed E-state index contributed by atoms with van der Waals surface area (Å²) in [5.74, 6) is -0.987. The first-order valence-electron chi connectivity index (χ1n) is 11.0. The van der Waals surface area contributed by atoms with Crippen LogP contribution in [0.5, 0.6) is 5.75 Å². The monoisotopic (exact) mass is 446 g/mol. The van der Waals surface area contributed by atoms with Crippen molar-refractivity contribution in [1.82, 2.24) is 10.2 Å². The molecule has 1 aliphatic rings. The molecule has 2 amide bonds. The second kappa shape index (κ2) is 9.73. The maximum absolute atomic E-state index is 13.2. The van der Waals surface area contributed by atoms with E-state index in [1.807, 2.05) is 30.3 Å². The van der Waals surface area contributed by atoms with Gasteiger partial charge in [0.25, 0.3) is 5.91 Å². The van der Waals surface area contributed by atoms with Crippen LogP contribution in [-0.2, 0) is 16.0 Å². The smallest absolute Gasteiger partial charge is 0.337 e. The molecule has 3 aromatic rings. The first-order chi connectivity index (χ1) is 16.0. The number of hydrogen-bond acceptors (Lipinski definition) is 5. The summed E-state index contributed by atoms with van der Waals surface area (Å²) in [6.07, 6.45) is 1.91. The van der Waals surface area contributed by atoms with E-state index in [0.29, 0.717) is 36.9 Å². The minimum atomic E-state index is -0.565. The Bertz CT molecular complexity index is 1190. The highest BCUT2D eigenvalue weighted by atomic mass is 16.5. The second-order valence-corrected chi connectivity index (χ2v) is 8.07. The highest BCUT2D eigenvalue weighted by molar-refractivity contribution is 6.05. The molecule has 170 valence electrons. The van der Waals surface area contributed by atoms with Crippen LogP contribution in [0, 0.1) is 0 Å².